The van der Waals surface area contributed by atoms with Gasteiger partial charge in [-0.1, -0.05) is 50.6 Å². The molecule has 0 amide bonds. The van der Waals surface area contributed by atoms with Crippen LogP contribution >= 0.6 is 0 Å². The summed E-state index contributed by atoms with van der Waals surface area (Å²) in [7, 11) is 1.43. The summed E-state index contributed by atoms with van der Waals surface area (Å²) < 4.78 is 10.5. The molecule has 0 radical (unpaired) electrons. The Morgan fingerprint density at radius 2 is 1.84 bits per heavy atom. The minimum atomic E-state index is -0.172. The second-order valence-corrected chi connectivity index (χ2v) is 5.19. The van der Waals surface area contributed by atoms with Gasteiger partial charge in [0.2, 0.25) is 0 Å². The molecule has 0 fully saturated rings. The van der Waals surface area contributed by atoms with Crippen LogP contribution in [-0.4, -0.2) is 19.7 Å². The van der Waals surface area contributed by atoms with Crippen molar-refractivity contribution in [2.24, 2.45) is 11.8 Å². The maximum Gasteiger partial charge on any atom is 0.311 e. The fourth-order valence-electron chi connectivity index (χ4n) is 1.86. The normalized spacial score (nSPS) is 12.4. The Morgan fingerprint density at radius 1 is 1.16 bits per heavy atom. The van der Waals surface area contributed by atoms with E-state index in [1.165, 1.54) is 7.11 Å². The summed E-state index contributed by atoms with van der Waals surface area (Å²) in [5.41, 5.74) is 1.12. The first-order chi connectivity index (χ1) is 9.13. The largest absolute Gasteiger partial charge is 0.469 e. The maximum atomic E-state index is 11.7. The van der Waals surface area contributed by atoms with Crippen LogP contribution in [0.25, 0.3) is 0 Å². The lowest BCUT2D eigenvalue weighted by molar-refractivity contribution is -0.148. The molecule has 0 N–H and O–H groups in total. The number of esters is 1. The predicted molar refractivity (Wildman–Crippen MR) is 75.7 cm³/mol. The number of benzene rings is 1. The molecule has 0 aliphatic carbocycles. The van der Waals surface area contributed by atoms with Crippen LogP contribution in [0.4, 0.5) is 0 Å². The van der Waals surface area contributed by atoms with Gasteiger partial charge in [0.05, 0.1) is 26.2 Å². The average molecular weight is 264 g/mol. The molecular formula is C16H24O3. The maximum absolute atomic E-state index is 11.7. The molecule has 19 heavy (non-hydrogen) atoms. The van der Waals surface area contributed by atoms with Crippen molar-refractivity contribution in [1.29, 1.82) is 0 Å². The van der Waals surface area contributed by atoms with E-state index in [0.717, 1.165) is 18.4 Å². The number of methoxy groups -OCH3 is 1. The van der Waals surface area contributed by atoms with Crippen LogP contribution in [-0.2, 0) is 20.9 Å². The second-order valence-electron chi connectivity index (χ2n) is 5.19. The highest BCUT2D eigenvalue weighted by atomic mass is 16.5. The monoisotopic (exact) mass is 264 g/mol. The first kappa shape index (κ1) is 15.7. The van der Waals surface area contributed by atoms with E-state index in [-0.39, 0.29) is 11.9 Å². The summed E-state index contributed by atoms with van der Waals surface area (Å²) in [5, 5.41) is 0. The second kappa shape index (κ2) is 8.70. The van der Waals surface area contributed by atoms with Gasteiger partial charge in [-0.3, -0.25) is 4.79 Å². The number of ether oxygens (including phenoxy) is 2. The van der Waals surface area contributed by atoms with Gasteiger partial charge in [-0.15, -0.1) is 0 Å². The van der Waals surface area contributed by atoms with Gasteiger partial charge >= 0.3 is 5.97 Å². The Bertz CT molecular complexity index is 360. The van der Waals surface area contributed by atoms with Crippen molar-refractivity contribution in [2.75, 3.05) is 13.7 Å². The SMILES string of the molecule is COC(=O)C(CCC(C)C)COCc1ccccc1. The van der Waals surface area contributed by atoms with E-state index in [1.54, 1.807) is 0 Å². The van der Waals surface area contributed by atoms with Crippen LogP contribution in [0.2, 0.25) is 0 Å². The Kier molecular flexibility index (Phi) is 7.19. The summed E-state index contributed by atoms with van der Waals surface area (Å²) >= 11 is 0. The summed E-state index contributed by atoms with van der Waals surface area (Å²) in [6, 6.07) is 9.97. The molecule has 0 spiro atoms. The summed E-state index contributed by atoms with van der Waals surface area (Å²) in [5.74, 6) is 0.256. The number of hydrogen-bond acceptors (Lipinski definition) is 3. The van der Waals surface area contributed by atoms with E-state index in [1.807, 2.05) is 30.3 Å². The number of rotatable bonds is 8. The summed E-state index contributed by atoms with van der Waals surface area (Å²) in [6.07, 6.45) is 1.83. The van der Waals surface area contributed by atoms with Crippen LogP contribution < -0.4 is 0 Å². The lowest BCUT2D eigenvalue weighted by Crippen LogP contribution is -2.22. The standard InChI is InChI=1S/C16H24O3/c1-13(2)9-10-15(16(17)18-3)12-19-11-14-7-5-4-6-8-14/h4-8,13,15H,9-12H2,1-3H3. The fourth-order valence-corrected chi connectivity index (χ4v) is 1.86. The molecule has 0 bridgehead atoms. The van der Waals surface area contributed by atoms with Crippen molar-refractivity contribution in [3.63, 3.8) is 0 Å². The Hall–Kier alpha value is -1.35. The molecule has 1 rings (SSSR count). The highest BCUT2D eigenvalue weighted by Gasteiger charge is 2.19. The van der Waals surface area contributed by atoms with Crippen molar-refractivity contribution in [3.05, 3.63) is 35.9 Å². The number of carbonyl (C=O) groups is 1. The topological polar surface area (TPSA) is 35.5 Å². The number of carbonyl (C=O) groups excluding carboxylic acids is 1. The van der Waals surface area contributed by atoms with Gasteiger partial charge in [-0.05, 0) is 17.9 Å². The molecule has 1 aromatic rings. The highest BCUT2D eigenvalue weighted by Crippen LogP contribution is 2.15. The molecular weight excluding hydrogens is 240 g/mol. The van der Waals surface area contributed by atoms with E-state index in [2.05, 4.69) is 13.8 Å². The van der Waals surface area contributed by atoms with E-state index >= 15 is 0 Å². The zero-order valence-electron chi connectivity index (χ0n) is 12.1. The van der Waals surface area contributed by atoms with E-state index in [4.69, 9.17) is 9.47 Å². The molecule has 1 unspecified atom stereocenters. The fraction of sp³-hybridized carbons (Fsp3) is 0.562. The molecule has 3 heteroatoms. The molecule has 0 saturated carbocycles. The van der Waals surface area contributed by atoms with Crippen molar-refractivity contribution in [3.8, 4) is 0 Å². The average Bonchev–Trinajstić information content (AvgIpc) is 2.42. The van der Waals surface area contributed by atoms with E-state index in [9.17, 15) is 4.79 Å². The lowest BCUT2D eigenvalue weighted by Gasteiger charge is -2.16. The summed E-state index contributed by atoms with van der Waals surface area (Å²) in [6.45, 7) is 5.27. The van der Waals surface area contributed by atoms with Crippen LogP contribution in [0, 0.1) is 11.8 Å². The Morgan fingerprint density at radius 3 is 2.42 bits per heavy atom. The van der Waals surface area contributed by atoms with Gasteiger partial charge in [-0.25, -0.2) is 0 Å². The Labute approximate surface area is 115 Å². The van der Waals surface area contributed by atoms with E-state index < -0.39 is 0 Å². The molecule has 0 aromatic heterocycles. The third-order valence-corrected chi connectivity index (χ3v) is 3.06. The molecule has 0 saturated heterocycles. The third-order valence-electron chi connectivity index (χ3n) is 3.06. The predicted octanol–water partition coefficient (Wildman–Crippen LogP) is 3.43. The molecule has 3 nitrogen and oxygen atoms in total. The Balaban J connectivity index is 2.37. The first-order valence-electron chi connectivity index (χ1n) is 6.83. The zero-order chi connectivity index (χ0) is 14.1. The quantitative estimate of drug-likeness (QED) is 0.675. The third kappa shape index (κ3) is 6.39. The molecule has 0 aliphatic heterocycles. The van der Waals surface area contributed by atoms with Crippen molar-refractivity contribution in [2.45, 2.75) is 33.3 Å². The minimum Gasteiger partial charge on any atom is -0.469 e. The van der Waals surface area contributed by atoms with E-state index in [0.29, 0.717) is 19.1 Å². The van der Waals surface area contributed by atoms with Crippen LogP contribution in [0.3, 0.4) is 0 Å². The van der Waals surface area contributed by atoms with Crippen LogP contribution in [0.1, 0.15) is 32.3 Å². The van der Waals surface area contributed by atoms with Gasteiger partial charge in [-0.2, -0.15) is 0 Å². The summed E-state index contributed by atoms with van der Waals surface area (Å²) in [4.78, 5) is 11.7. The van der Waals surface area contributed by atoms with Gasteiger partial charge in [0.15, 0.2) is 0 Å². The number of hydrogen-bond donors (Lipinski definition) is 0. The molecule has 1 aromatic carbocycles. The van der Waals surface area contributed by atoms with Gasteiger partial charge in [0, 0.05) is 0 Å². The minimum absolute atomic E-state index is 0.156. The van der Waals surface area contributed by atoms with Crippen LogP contribution in [0.15, 0.2) is 30.3 Å². The molecule has 0 heterocycles. The van der Waals surface area contributed by atoms with Gasteiger partial charge in [0.1, 0.15) is 0 Å². The first-order valence-corrected chi connectivity index (χ1v) is 6.83. The lowest BCUT2D eigenvalue weighted by atomic mass is 9.98. The smallest absolute Gasteiger partial charge is 0.311 e. The molecule has 0 aliphatic rings. The zero-order valence-corrected chi connectivity index (χ0v) is 12.1. The van der Waals surface area contributed by atoms with Crippen molar-refractivity contribution >= 4 is 5.97 Å². The van der Waals surface area contributed by atoms with Crippen molar-refractivity contribution in [1.82, 2.24) is 0 Å². The highest BCUT2D eigenvalue weighted by molar-refractivity contribution is 5.72. The molecule has 1 atom stereocenters. The van der Waals surface area contributed by atoms with Gasteiger partial charge < -0.3 is 9.47 Å². The van der Waals surface area contributed by atoms with Crippen molar-refractivity contribution < 1.29 is 14.3 Å². The molecule has 106 valence electrons. The van der Waals surface area contributed by atoms with Gasteiger partial charge in [0.25, 0.3) is 0 Å². The van der Waals surface area contributed by atoms with Crippen LogP contribution in [0.5, 0.6) is 0 Å².